The third-order valence-corrected chi connectivity index (χ3v) is 6.27. The maximum atomic E-state index is 12.8. The van der Waals surface area contributed by atoms with Crippen molar-refractivity contribution >= 4 is 17.7 Å². The van der Waals surface area contributed by atoms with E-state index in [0.717, 1.165) is 38.4 Å². The van der Waals surface area contributed by atoms with Crippen molar-refractivity contribution in [1.82, 2.24) is 20.4 Å². The molecular formula is C20H24N4O4. The van der Waals surface area contributed by atoms with E-state index < -0.39 is 6.04 Å². The average molecular weight is 384 g/mol. The molecule has 8 nitrogen and oxygen atoms in total. The molecule has 0 aliphatic carbocycles. The number of imide groups is 1. The second-order valence-electron chi connectivity index (χ2n) is 8.07. The molecule has 4 aliphatic rings. The maximum Gasteiger partial charge on any atom is 0.255 e. The molecule has 8 heteroatoms. The van der Waals surface area contributed by atoms with Gasteiger partial charge in [0.05, 0.1) is 19.3 Å². The largest absolute Gasteiger partial charge is 0.378 e. The molecule has 1 atom stereocenters. The highest BCUT2D eigenvalue weighted by Gasteiger charge is 2.39. The number of hydrogen-bond acceptors (Lipinski definition) is 6. The van der Waals surface area contributed by atoms with E-state index in [0.29, 0.717) is 30.6 Å². The zero-order valence-electron chi connectivity index (χ0n) is 15.6. The van der Waals surface area contributed by atoms with Gasteiger partial charge in [-0.15, -0.1) is 0 Å². The number of ether oxygens (including phenoxy) is 1. The summed E-state index contributed by atoms with van der Waals surface area (Å²) in [5, 5.41) is 5.68. The van der Waals surface area contributed by atoms with E-state index in [-0.39, 0.29) is 24.1 Å². The van der Waals surface area contributed by atoms with Crippen LogP contribution < -0.4 is 10.6 Å². The minimum Gasteiger partial charge on any atom is -0.378 e. The molecule has 2 N–H and O–H groups in total. The Morgan fingerprint density at radius 3 is 2.61 bits per heavy atom. The van der Waals surface area contributed by atoms with Gasteiger partial charge in [0.25, 0.3) is 5.91 Å². The summed E-state index contributed by atoms with van der Waals surface area (Å²) in [6, 6.07) is 6.42. The fraction of sp³-hybridized carbons (Fsp3) is 0.550. The van der Waals surface area contributed by atoms with Crippen LogP contribution in [0, 0.1) is 0 Å². The highest BCUT2D eigenvalue weighted by Crippen LogP contribution is 2.29. The van der Waals surface area contributed by atoms with Gasteiger partial charge in [-0.05, 0) is 23.6 Å². The molecular weight excluding hydrogens is 360 g/mol. The van der Waals surface area contributed by atoms with Crippen molar-refractivity contribution in [2.24, 2.45) is 0 Å². The first-order valence-corrected chi connectivity index (χ1v) is 9.91. The van der Waals surface area contributed by atoms with Crippen molar-refractivity contribution in [2.75, 3.05) is 26.3 Å². The van der Waals surface area contributed by atoms with Crippen molar-refractivity contribution in [3.63, 3.8) is 0 Å². The number of carbonyl (C=O) groups is 3. The number of fused-ring (bicyclic) bond motifs is 1. The Morgan fingerprint density at radius 1 is 1.14 bits per heavy atom. The lowest BCUT2D eigenvalue weighted by Gasteiger charge is -2.46. The van der Waals surface area contributed by atoms with E-state index in [1.807, 2.05) is 12.1 Å². The summed E-state index contributed by atoms with van der Waals surface area (Å²) in [5.41, 5.74) is 2.80. The average Bonchev–Trinajstić information content (AvgIpc) is 2.88. The summed E-state index contributed by atoms with van der Waals surface area (Å²) in [5.74, 6) is -0.756. The molecule has 28 heavy (non-hydrogen) atoms. The molecule has 5 rings (SSSR count). The summed E-state index contributed by atoms with van der Waals surface area (Å²) in [7, 11) is 0. The van der Waals surface area contributed by atoms with E-state index >= 15 is 0 Å². The van der Waals surface area contributed by atoms with Crippen LogP contribution in [0.5, 0.6) is 0 Å². The lowest BCUT2D eigenvalue weighted by atomic mass is 10.0. The number of carbonyl (C=O) groups excluding carboxylic acids is 3. The topological polar surface area (TPSA) is 91.0 Å². The molecule has 0 bridgehead atoms. The van der Waals surface area contributed by atoms with Gasteiger partial charge in [0.15, 0.2) is 0 Å². The van der Waals surface area contributed by atoms with Gasteiger partial charge in [0.2, 0.25) is 11.8 Å². The number of piperidine rings is 1. The van der Waals surface area contributed by atoms with Crippen LogP contribution in [0.25, 0.3) is 0 Å². The summed E-state index contributed by atoms with van der Waals surface area (Å²) in [6.45, 7) is 4.82. The van der Waals surface area contributed by atoms with Gasteiger partial charge in [-0.3, -0.25) is 24.6 Å². The second kappa shape index (κ2) is 6.95. The molecule has 0 aromatic heterocycles. The van der Waals surface area contributed by atoms with Crippen LogP contribution in [-0.2, 0) is 27.4 Å². The molecule has 0 spiro atoms. The summed E-state index contributed by atoms with van der Waals surface area (Å²) < 4.78 is 5.38. The van der Waals surface area contributed by atoms with Crippen molar-refractivity contribution in [2.45, 2.75) is 44.1 Å². The standard InChI is InChI=1S/C20H24N4O4/c25-18-4-3-17(19(26)22-18)24-9-13-5-12(1-2-16(13)20(24)27)8-23(14-6-21-7-14)15-10-28-11-15/h1-2,5,14-15,17,21H,3-4,6-11H2,(H,22,25,26). The third-order valence-electron chi connectivity index (χ3n) is 6.27. The number of nitrogens with one attached hydrogen (secondary N) is 2. The molecule has 0 saturated carbocycles. The first-order valence-electron chi connectivity index (χ1n) is 9.91. The van der Waals surface area contributed by atoms with Crippen LogP contribution in [0.2, 0.25) is 0 Å². The lowest BCUT2D eigenvalue weighted by molar-refractivity contribution is -0.136. The Bertz CT molecular complexity index is 819. The molecule has 0 radical (unpaired) electrons. The fourth-order valence-electron chi connectivity index (χ4n) is 4.42. The number of benzene rings is 1. The minimum atomic E-state index is -0.564. The van der Waals surface area contributed by atoms with Gasteiger partial charge in [-0.25, -0.2) is 0 Å². The summed E-state index contributed by atoms with van der Waals surface area (Å²) >= 11 is 0. The SMILES string of the molecule is O=C1CCC(N2Cc3cc(CN(C4CNC4)C4COC4)ccc3C2=O)C(=O)N1. The quantitative estimate of drug-likeness (QED) is 0.673. The first-order chi connectivity index (χ1) is 13.6. The molecule has 148 valence electrons. The van der Waals surface area contributed by atoms with Crippen molar-refractivity contribution in [1.29, 1.82) is 0 Å². The lowest BCUT2D eigenvalue weighted by Crippen LogP contribution is -2.63. The van der Waals surface area contributed by atoms with E-state index in [2.05, 4.69) is 21.6 Å². The molecule has 3 amide bonds. The Kier molecular flexibility index (Phi) is 4.41. The monoisotopic (exact) mass is 384 g/mol. The smallest absolute Gasteiger partial charge is 0.255 e. The molecule has 4 aliphatic heterocycles. The van der Waals surface area contributed by atoms with E-state index in [1.165, 1.54) is 5.56 Å². The maximum absolute atomic E-state index is 12.8. The highest BCUT2D eigenvalue weighted by atomic mass is 16.5. The van der Waals surface area contributed by atoms with Gasteiger partial charge >= 0.3 is 0 Å². The summed E-state index contributed by atoms with van der Waals surface area (Å²) in [6.07, 6.45) is 0.664. The molecule has 1 aromatic carbocycles. The molecule has 3 fully saturated rings. The van der Waals surface area contributed by atoms with Crippen molar-refractivity contribution in [3.8, 4) is 0 Å². The summed E-state index contributed by atoms with van der Waals surface area (Å²) in [4.78, 5) is 40.5. The third kappa shape index (κ3) is 3.01. The molecule has 3 saturated heterocycles. The molecule has 1 unspecified atom stereocenters. The first kappa shape index (κ1) is 17.8. The van der Waals surface area contributed by atoms with Gasteiger partial charge < -0.3 is 15.0 Å². The number of hydrogen-bond donors (Lipinski definition) is 2. The molecule has 1 aromatic rings. The minimum absolute atomic E-state index is 0.122. The second-order valence-corrected chi connectivity index (χ2v) is 8.07. The van der Waals surface area contributed by atoms with Crippen LogP contribution in [0.4, 0.5) is 0 Å². The van der Waals surface area contributed by atoms with Crippen LogP contribution in [0.1, 0.15) is 34.3 Å². The van der Waals surface area contributed by atoms with Crippen molar-refractivity contribution < 1.29 is 19.1 Å². The Hall–Kier alpha value is -2.29. The normalized spacial score (nSPS) is 25.5. The number of amides is 3. The zero-order chi connectivity index (χ0) is 19.3. The van der Waals surface area contributed by atoms with Crippen molar-refractivity contribution in [3.05, 3.63) is 34.9 Å². The fourth-order valence-corrected chi connectivity index (χ4v) is 4.42. The Labute approximate surface area is 163 Å². The van der Waals surface area contributed by atoms with Gasteiger partial charge in [-0.2, -0.15) is 0 Å². The zero-order valence-corrected chi connectivity index (χ0v) is 15.6. The number of rotatable bonds is 5. The van der Waals surface area contributed by atoms with Crippen LogP contribution in [0.3, 0.4) is 0 Å². The van der Waals surface area contributed by atoms with Gasteiger partial charge in [0.1, 0.15) is 6.04 Å². The van der Waals surface area contributed by atoms with Crippen LogP contribution in [0.15, 0.2) is 18.2 Å². The highest BCUT2D eigenvalue weighted by molar-refractivity contribution is 6.05. The van der Waals surface area contributed by atoms with Gasteiger partial charge in [-0.1, -0.05) is 12.1 Å². The Morgan fingerprint density at radius 2 is 1.96 bits per heavy atom. The van der Waals surface area contributed by atoms with E-state index in [1.54, 1.807) is 4.90 Å². The van der Waals surface area contributed by atoms with E-state index in [4.69, 9.17) is 4.74 Å². The van der Waals surface area contributed by atoms with Crippen LogP contribution in [-0.4, -0.2) is 72.0 Å². The Balaban J connectivity index is 1.32. The number of nitrogens with zero attached hydrogens (tertiary/aromatic N) is 2. The predicted octanol–water partition coefficient (Wildman–Crippen LogP) is -0.380. The molecule has 4 heterocycles. The predicted molar refractivity (Wildman–Crippen MR) is 99.3 cm³/mol. The van der Waals surface area contributed by atoms with Crippen LogP contribution >= 0.6 is 0 Å². The van der Waals surface area contributed by atoms with E-state index in [9.17, 15) is 14.4 Å². The van der Waals surface area contributed by atoms with Gasteiger partial charge in [0, 0.05) is 44.2 Å².